The smallest absolute Gasteiger partial charge is 0.226 e. The van der Waals surface area contributed by atoms with Gasteiger partial charge in [0.25, 0.3) is 0 Å². The number of carbonyl (C=O) groups is 1. The number of carbonyl (C=O) groups excluding carboxylic acids is 1. The largest absolute Gasteiger partial charge is 0.335 e. The van der Waals surface area contributed by atoms with Gasteiger partial charge in [0.2, 0.25) is 5.91 Å². The average molecular weight is 385 g/mol. The summed E-state index contributed by atoms with van der Waals surface area (Å²) in [5, 5.41) is 1.65. The number of aromatic nitrogens is 1. The zero-order chi connectivity index (χ0) is 19.1. The van der Waals surface area contributed by atoms with E-state index in [4.69, 9.17) is 11.6 Å². The second kappa shape index (κ2) is 7.43. The van der Waals surface area contributed by atoms with Crippen LogP contribution in [0, 0.1) is 25.7 Å². The molecule has 0 spiro atoms. The lowest BCUT2D eigenvalue weighted by Crippen LogP contribution is -2.42. The molecule has 27 heavy (non-hydrogen) atoms. The fraction of sp³-hybridized carbons (Fsp3) is 0.565. The molecule has 0 bridgehead atoms. The Hall–Kier alpha value is -1.61. The van der Waals surface area contributed by atoms with Gasteiger partial charge in [0.1, 0.15) is 5.15 Å². The zero-order valence-corrected chi connectivity index (χ0v) is 17.4. The Morgan fingerprint density at radius 1 is 1.11 bits per heavy atom. The van der Waals surface area contributed by atoms with E-state index < -0.39 is 0 Å². The minimum Gasteiger partial charge on any atom is -0.335 e. The molecule has 2 aliphatic rings. The van der Waals surface area contributed by atoms with E-state index in [-0.39, 0.29) is 5.92 Å². The van der Waals surface area contributed by atoms with Gasteiger partial charge in [0.05, 0.1) is 5.52 Å². The summed E-state index contributed by atoms with van der Waals surface area (Å²) in [6.07, 6.45) is 6.72. The van der Waals surface area contributed by atoms with E-state index in [0.717, 1.165) is 53.6 Å². The second-order valence-corrected chi connectivity index (χ2v) is 9.10. The van der Waals surface area contributed by atoms with Gasteiger partial charge >= 0.3 is 0 Å². The second-order valence-electron chi connectivity index (χ2n) is 8.75. The van der Waals surface area contributed by atoms with Gasteiger partial charge in [-0.2, -0.15) is 0 Å². The number of pyridine rings is 1. The molecule has 2 fully saturated rings. The van der Waals surface area contributed by atoms with Crippen molar-refractivity contribution in [2.45, 2.75) is 71.9 Å². The Balaban J connectivity index is 1.65. The highest BCUT2D eigenvalue weighted by Crippen LogP contribution is 2.36. The molecule has 144 valence electrons. The number of hydrogen-bond acceptors (Lipinski definition) is 2. The van der Waals surface area contributed by atoms with E-state index in [0.29, 0.717) is 23.6 Å². The van der Waals surface area contributed by atoms with Gasteiger partial charge < -0.3 is 4.90 Å². The summed E-state index contributed by atoms with van der Waals surface area (Å²) in [5.41, 5.74) is 4.30. The molecule has 1 amide bonds. The molecule has 4 rings (SSSR count). The van der Waals surface area contributed by atoms with Crippen molar-refractivity contribution in [3.05, 3.63) is 40.0 Å². The van der Waals surface area contributed by atoms with E-state index in [1.807, 2.05) is 0 Å². The lowest BCUT2D eigenvalue weighted by molar-refractivity contribution is -0.136. The number of nitrogens with zero attached hydrogens (tertiary/aromatic N) is 2. The lowest BCUT2D eigenvalue weighted by Gasteiger charge is -2.36. The van der Waals surface area contributed by atoms with E-state index in [1.54, 1.807) is 0 Å². The van der Waals surface area contributed by atoms with Crippen LogP contribution in [0.25, 0.3) is 10.9 Å². The number of halogens is 1. The quantitative estimate of drug-likeness (QED) is 0.622. The van der Waals surface area contributed by atoms with Gasteiger partial charge in [-0.1, -0.05) is 30.2 Å². The maximum atomic E-state index is 13.0. The van der Waals surface area contributed by atoms with Crippen LogP contribution in [0.2, 0.25) is 5.15 Å². The third kappa shape index (κ3) is 3.99. The molecule has 2 aromatic rings. The summed E-state index contributed by atoms with van der Waals surface area (Å²) in [4.78, 5) is 19.8. The van der Waals surface area contributed by atoms with Crippen molar-refractivity contribution < 1.29 is 4.79 Å². The summed E-state index contributed by atoms with van der Waals surface area (Å²) < 4.78 is 0. The van der Waals surface area contributed by atoms with Crippen LogP contribution in [0.3, 0.4) is 0 Å². The molecule has 0 aliphatic heterocycles. The third-order valence-electron chi connectivity index (χ3n) is 6.26. The number of hydrogen-bond donors (Lipinski definition) is 0. The van der Waals surface area contributed by atoms with Gasteiger partial charge in [-0.3, -0.25) is 4.79 Å². The van der Waals surface area contributed by atoms with E-state index in [1.165, 1.54) is 18.4 Å². The maximum absolute atomic E-state index is 13.0. The average Bonchev–Trinajstić information content (AvgIpc) is 3.46. The first-order chi connectivity index (χ1) is 12.9. The topological polar surface area (TPSA) is 33.2 Å². The van der Waals surface area contributed by atoms with Crippen LogP contribution in [-0.2, 0) is 11.3 Å². The van der Waals surface area contributed by atoms with Crippen LogP contribution in [-0.4, -0.2) is 21.8 Å². The van der Waals surface area contributed by atoms with Crippen molar-refractivity contribution in [3.8, 4) is 0 Å². The SMILES string of the molecule is Cc1cc(C)c2nc(Cl)c(CN(C(=O)C3CC3)C3CCC(C)CC3)cc2c1. The molecule has 4 heteroatoms. The molecular weight excluding hydrogens is 356 g/mol. The molecule has 1 heterocycles. The molecule has 0 unspecified atom stereocenters. The van der Waals surface area contributed by atoms with Crippen molar-refractivity contribution in [1.29, 1.82) is 0 Å². The van der Waals surface area contributed by atoms with E-state index in [2.05, 4.69) is 48.9 Å². The molecule has 2 aliphatic carbocycles. The highest BCUT2D eigenvalue weighted by atomic mass is 35.5. The first-order valence-electron chi connectivity index (χ1n) is 10.3. The summed E-state index contributed by atoms with van der Waals surface area (Å²) in [6.45, 7) is 7.08. The molecule has 2 saturated carbocycles. The minimum absolute atomic E-state index is 0.237. The van der Waals surface area contributed by atoms with Gasteiger partial charge in [0, 0.05) is 29.5 Å². The Morgan fingerprint density at radius 2 is 1.81 bits per heavy atom. The molecular formula is C23H29ClN2O. The molecule has 1 aromatic carbocycles. The normalized spacial score (nSPS) is 22.8. The lowest BCUT2D eigenvalue weighted by atomic mass is 9.86. The molecule has 3 nitrogen and oxygen atoms in total. The van der Waals surface area contributed by atoms with Gasteiger partial charge in [-0.05, 0) is 76.0 Å². The Morgan fingerprint density at radius 3 is 2.48 bits per heavy atom. The monoisotopic (exact) mass is 384 g/mol. The predicted octanol–water partition coefficient (Wildman–Crippen LogP) is 5.82. The van der Waals surface area contributed by atoms with Crippen LogP contribution >= 0.6 is 11.6 Å². The van der Waals surface area contributed by atoms with Crippen LogP contribution in [0.1, 0.15) is 62.1 Å². The molecule has 0 saturated heterocycles. The van der Waals surface area contributed by atoms with E-state index >= 15 is 0 Å². The molecule has 0 N–H and O–H groups in total. The molecule has 0 atom stereocenters. The summed E-state index contributed by atoms with van der Waals surface area (Å²) in [7, 11) is 0. The third-order valence-corrected chi connectivity index (χ3v) is 6.58. The number of fused-ring (bicyclic) bond motifs is 1. The van der Waals surface area contributed by atoms with Crippen molar-refractivity contribution >= 4 is 28.4 Å². The van der Waals surface area contributed by atoms with Crippen molar-refractivity contribution in [2.75, 3.05) is 0 Å². The first kappa shape index (κ1) is 18.7. The predicted molar refractivity (Wildman–Crippen MR) is 111 cm³/mol. The minimum atomic E-state index is 0.237. The Bertz CT molecular complexity index is 866. The van der Waals surface area contributed by atoms with E-state index in [9.17, 15) is 4.79 Å². The van der Waals surface area contributed by atoms with Crippen molar-refractivity contribution in [1.82, 2.24) is 9.88 Å². The van der Waals surface area contributed by atoms with Crippen LogP contribution in [0.5, 0.6) is 0 Å². The Labute approximate surface area is 167 Å². The maximum Gasteiger partial charge on any atom is 0.226 e. The highest BCUT2D eigenvalue weighted by molar-refractivity contribution is 6.30. The van der Waals surface area contributed by atoms with Crippen LogP contribution in [0.4, 0.5) is 0 Å². The molecule has 1 aromatic heterocycles. The molecule has 0 radical (unpaired) electrons. The fourth-order valence-electron chi connectivity index (χ4n) is 4.47. The van der Waals surface area contributed by atoms with Gasteiger partial charge in [-0.25, -0.2) is 4.98 Å². The Kier molecular flexibility index (Phi) is 5.15. The van der Waals surface area contributed by atoms with Crippen molar-refractivity contribution in [2.24, 2.45) is 11.8 Å². The summed E-state index contributed by atoms with van der Waals surface area (Å²) in [5.74, 6) is 1.34. The highest BCUT2D eigenvalue weighted by Gasteiger charge is 2.37. The number of benzene rings is 1. The van der Waals surface area contributed by atoms with Gasteiger partial charge in [-0.15, -0.1) is 0 Å². The summed E-state index contributed by atoms with van der Waals surface area (Å²) in [6, 6.07) is 6.78. The zero-order valence-electron chi connectivity index (χ0n) is 16.6. The van der Waals surface area contributed by atoms with Gasteiger partial charge in [0.15, 0.2) is 0 Å². The van der Waals surface area contributed by atoms with Crippen LogP contribution in [0.15, 0.2) is 18.2 Å². The fourth-order valence-corrected chi connectivity index (χ4v) is 4.67. The first-order valence-corrected chi connectivity index (χ1v) is 10.7. The number of aryl methyl sites for hydroxylation is 2. The summed E-state index contributed by atoms with van der Waals surface area (Å²) >= 11 is 6.57. The standard InChI is InChI=1S/C23H29ClN2O/c1-14-4-8-20(9-5-14)26(23(27)17-6-7-17)13-19-12-18-11-15(2)10-16(3)21(18)25-22(19)24/h10-12,14,17,20H,4-9,13H2,1-3H3. The number of amides is 1. The van der Waals surface area contributed by atoms with Crippen molar-refractivity contribution in [3.63, 3.8) is 0 Å². The van der Waals surface area contributed by atoms with Crippen LogP contribution < -0.4 is 0 Å². The number of rotatable bonds is 4.